The molecule has 1 atom stereocenters. The molecule has 0 aromatic heterocycles. The molecule has 0 radical (unpaired) electrons. The highest BCUT2D eigenvalue weighted by atomic mass is 32.2. The Labute approximate surface area is 76.5 Å². The Hall–Kier alpha value is -0.0900. The van der Waals surface area contributed by atoms with Gasteiger partial charge in [0.1, 0.15) is 0 Å². The van der Waals surface area contributed by atoms with Crippen LogP contribution in [-0.4, -0.2) is 28.3 Å². The van der Waals surface area contributed by atoms with E-state index < -0.39 is 5.97 Å². The van der Waals surface area contributed by atoms with Crippen LogP contribution in [0, 0.1) is 0 Å². The number of carbonyl (C=O) groups is 1. The van der Waals surface area contributed by atoms with Crippen LogP contribution in [0.2, 0.25) is 0 Å². The van der Waals surface area contributed by atoms with E-state index in [-0.39, 0.29) is 5.25 Å². The molecule has 2 nitrogen and oxygen atoms in total. The van der Waals surface area contributed by atoms with Crippen LogP contribution in [0.4, 0.5) is 0 Å². The van der Waals surface area contributed by atoms with Crippen molar-refractivity contribution >= 4 is 30.4 Å². The summed E-state index contributed by atoms with van der Waals surface area (Å²) < 4.78 is 0. The van der Waals surface area contributed by atoms with E-state index in [1.165, 1.54) is 0 Å². The van der Waals surface area contributed by atoms with E-state index in [1.807, 2.05) is 6.26 Å². The van der Waals surface area contributed by atoms with Crippen LogP contribution in [0.3, 0.4) is 0 Å². The SMILES string of the molecule is CSCCC(S)/C=C/C(=O)O. The van der Waals surface area contributed by atoms with E-state index in [0.29, 0.717) is 0 Å². The average Bonchev–Trinajstić information content (AvgIpc) is 1.97. The summed E-state index contributed by atoms with van der Waals surface area (Å²) in [6, 6.07) is 0. The third kappa shape index (κ3) is 7.81. The van der Waals surface area contributed by atoms with Gasteiger partial charge >= 0.3 is 5.97 Å². The normalized spacial score (nSPS) is 13.6. The monoisotopic (exact) mass is 192 g/mol. The van der Waals surface area contributed by atoms with Crippen LogP contribution in [0.25, 0.3) is 0 Å². The van der Waals surface area contributed by atoms with E-state index >= 15 is 0 Å². The molecule has 0 aromatic carbocycles. The van der Waals surface area contributed by atoms with Crippen molar-refractivity contribution in [3.63, 3.8) is 0 Å². The van der Waals surface area contributed by atoms with Crippen LogP contribution in [-0.2, 0) is 4.79 Å². The van der Waals surface area contributed by atoms with Gasteiger partial charge in [0.05, 0.1) is 0 Å². The number of carboxylic acid groups (broad SMARTS) is 1. The van der Waals surface area contributed by atoms with Crippen molar-refractivity contribution in [2.75, 3.05) is 12.0 Å². The molecule has 0 rings (SSSR count). The second-order valence-corrected chi connectivity index (χ2v) is 3.70. The predicted molar refractivity (Wildman–Crippen MR) is 52.5 cm³/mol. The van der Waals surface area contributed by atoms with Crippen LogP contribution in [0.5, 0.6) is 0 Å². The molecule has 11 heavy (non-hydrogen) atoms. The zero-order chi connectivity index (χ0) is 8.69. The van der Waals surface area contributed by atoms with E-state index in [9.17, 15) is 4.79 Å². The quantitative estimate of drug-likeness (QED) is 0.514. The first-order valence-electron chi connectivity index (χ1n) is 3.25. The van der Waals surface area contributed by atoms with Crippen molar-refractivity contribution in [1.29, 1.82) is 0 Å². The minimum Gasteiger partial charge on any atom is -0.478 e. The maximum atomic E-state index is 10.1. The van der Waals surface area contributed by atoms with Crippen molar-refractivity contribution < 1.29 is 9.90 Å². The highest BCUT2D eigenvalue weighted by molar-refractivity contribution is 7.98. The molecule has 0 aliphatic heterocycles. The molecule has 0 aromatic rings. The molecule has 0 aliphatic carbocycles. The Morgan fingerprint density at radius 3 is 2.91 bits per heavy atom. The van der Waals surface area contributed by atoms with Crippen molar-refractivity contribution in [3.05, 3.63) is 12.2 Å². The largest absolute Gasteiger partial charge is 0.478 e. The summed E-state index contributed by atoms with van der Waals surface area (Å²) in [5.41, 5.74) is 0. The molecule has 0 bridgehead atoms. The first-order valence-corrected chi connectivity index (χ1v) is 5.16. The lowest BCUT2D eigenvalue weighted by Crippen LogP contribution is -1.97. The van der Waals surface area contributed by atoms with Crippen LogP contribution >= 0.6 is 24.4 Å². The zero-order valence-electron chi connectivity index (χ0n) is 6.36. The summed E-state index contributed by atoms with van der Waals surface area (Å²) in [6.45, 7) is 0. The molecule has 0 spiro atoms. The standard InChI is InChI=1S/C7H12O2S2/c1-11-5-4-6(10)2-3-7(8)9/h2-3,6,10H,4-5H2,1H3,(H,8,9)/b3-2+. The predicted octanol–water partition coefficient (Wildman–Crippen LogP) is 1.68. The summed E-state index contributed by atoms with van der Waals surface area (Å²) >= 11 is 5.91. The number of aliphatic carboxylic acids is 1. The van der Waals surface area contributed by atoms with Gasteiger partial charge in [0, 0.05) is 11.3 Å². The summed E-state index contributed by atoms with van der Waals surface area (Å²) in [4.78, 5) is 10.1. The number of rotatable bonds is 5. The summed E-state index contributed by atoms with van der Waals surface area (Å²) in [6.07, 6.45) is 5.66. The third-order valence-electron chi connectivity index (χ3n) is 1.08. The van der Waals surface area contributed by atoms with Gasteiger partial charge in [-0.2, -0.15) is 24.4 Å². The van der Waals surface area contributed by atoms with E-state index in [2.05, 4.69) is 12.6 Å². The fourth-order valence-electron chi connectivity index (χ4n) is 0.528. The first kappa shape index (κ1) is 10.9. The molecule has 0 aliphatic rings. The Kier molecular flexibility index (Phi) is 6.56. The van der Waals surface area contributed by atoms with E-state index in [1.54, 1.807) is 17.8 Å². The molecule has 0 amide bonds. The molecule has 0 saturated carbocycles. The lowest BCUT2D eigenvalue weighted by atomic mass is 10.3. The molecule has 64 valence electrons. The second-order valence-electron chi connectivity index (χ2n) is 2.05. The highest BCUT2D eigenvalue weighted by Gasteiger charge is 1.97. The molecule has 0 saturated heterocycles. The van der Waals surface area contributed by atoms with Crippen molar-refractivity contribution in [3.8, 4) is 0 Å². The topological polar surface area (TPSA) is 37.3 Å². The maximum Gasteiger partial charge on any atom is 0.328 e. The molecule has 1 N–H and O–H groups in total. The van der Waals surface area contributed by atoms with Gasteiger partial charge in [-0.25, -0.2) is 4.79 Å². The number of carboxylic acids is 1. The minimum atomic E-state index is -0.909. The van der Waals surface area contributed by atoms with Gasteiger partial charge in [-0.15, -0.1) is 0 Å². The Morgan fingerprint density at radius 2 is 2.45 bits per heavy atom. The van der Waals surface area contributed by atoms with Gasteiger partial charge in [-0.1, -0.05) is 6.08 Å². The molecular weight excluding hydrogens is 180 g/mol. The lowest BCUT2D eigenvalue weighted by Gasteiger charge is -2.01. The number of hydrogen-bond acceptors (Lipinski definition) is 3. The fraction of sp³-hybridized carbons (Fsp3) is 0.571. The Balaban J connectivity index is 3.50. The smallest absolute Gasteiger partial charge is 0.328 e. The van der Waals surface area contributed by atoms with E-state index in [4.69, 9.17) is 5.11 Å². The summed E-state index contributed by atoms with van der Waals surface area (Å²) in [5.74, 6) is 0.103. The summed E-state index contributed by atoms with van der Waals surface area (Å²) in [7, 11) is 0. The second kappa shape index (κ2) is 6.61. The minimum absolute atomic E-state index is 0.0681. The van der Waals surface area contributed by atoms with Crippen LogP contribution < -0.4 is 0 Å². The molecule has 0 heterocycles. The molecule has 0 fully saturated rings. The Morgan fingerprint density at radius 1 is 1.82 bits per heavy atom. The first-order chi connectivity index (χ1) is 5.16. The number of hydrogen-bond donors (Lipinski definition) is 2. The number of thiol groups is 1. The van der Waals surface area contributed by atoms with Crippen molar-refractivity contribution in [2.24, 2.45) is 0 Å². The zero-order valence-corrected chi connectivity index (χ0v) is 8.07. The average molecular weight is 192 g/mol. The molecule has 1 unspecified atom stereocenters. The van der Waals surface area contributed by atoms with Crippen LogP contribution in [0.1, 0.15) is 6.42 Å². The van der Waals surface area contributed by atoms with Gasteiger partial charge in [0.2, 0.25) is 0 Å². The van der Waals surface area contributed by atoms with Gasteiger partial charge < -0.3 is 5.11 Å². The fourth-order valence-corrected chi connectivity index (χ4v) is 1.41. The van der Waals surface area contributed by atoms with Gasteiger partial charge in [-0.3, -0.25) is 0 Å². The van der Waals surface area contributed by atoms with Gasteiger partial charge in [0.25, 0.3) is 0 Å². The molecular formula is C7H12O2S2. The molecule has 4 heteroatoms. The van der Waals surface area contributed by atoms with Crippen molar-refractivity contribution in [2.45, 2.75) is 11.7 Å². The van der Waals surface area contributed by atoms with Gasteiger partial charge in [-0.05, 0) is 18.4 Å². The lowest BCUT2D eigenvalue weighted by molar-refractivity contribution is -0.131. The maximum absolute atomic E-state index is 10.1. The Bertz CT molecular complexity index is 145. The van der Waals surface area contributed by atoms with Crippen LogP contribution in [0.15, 0.2) is 12.2 Å². The number of thioether (sulfide) groups is 1. The van der Waals surface area contributed by atoms with Crippen molar-refractivity contribution in [1.82, 2.24) is 0 Å². The van der Waals surface area contributed by atoms with E-state index in [0.717, 1.165) is 18.2 Å². The highest BCUT2D eigenvalue weighted by Crippen LogP contribution is 2.07. The summed E-state index contributed by atoms with van der Waals surface area (Å²) in [5, 5.41) is 8.33. The third-order valence-corrected chi connectivity index (χ3v) is 2.15. The van der Waals surface area contributed by atoms with Gasteiger partial charge in [0.15, 0.2) is 0 Å².